The van der Waals surface area contributed by atoms with E-state index >= 15 is 0 Å². The summed E-state index contributed by atoms with van der Waals surface area (Å²) in [7, 11) is 0. The molecule has 0 spiro atoms. The van der Waals surface area contributed by atoms with Gasteiger partial charge in [-0.25, -0.2) is 4.39 Å². The number of hydrogen-bond acceptors (Lipinski definition) is 1. The van der Waals surface area contributed by atoms with Gasteiger partial charge in [0.15, 0.2) is 0 Å². The van der Waals surface area contributed by atoms with E-state index in [0.717, 1.165) is 5.56 Å². The van der Waals surface area contributed by atoms with E-state index in [1.807, 2.05) is 30.3 Å². The third-order valence-corrected chi connectivity index (χ3v) is 1.71. The van der Waals surface area contributed by atoms with Crippen molar-refractivity contribution in [3.63, 3.8) is 0 Å². The Hall–Kier alpha value is -0.890. The zero-order valence-electron chi connectivity index (χ0n) is 6.55. The van der Waals surface area contributed by atoms with Gasteiger partial charge in [0.2, 0.25) is 0 Å². The van der Waals surface area contributed by atoms with Crippen LogP contribution in [0.4, 0.5) is 4.39 Å². The molecule has 2 heteroatoms. The van der Waals surface area contributed by atoms with Gasteiger partial charge in [0.1, 0.15) is 6.67 Å². The van der Waals surface area contributed by atoms with E-state index in [9.17, 15) is 4.39 Å². The molecule has 1 aromatic rings. The lowest BCUT2D eigenvalue weighted by molar-refractivity contribution is 0.336. The van der Waals surface area contributed by atoms with E-state index in [2.05, 4.69) is 0 Å². The lowest BCUT2D eigenvalue weighted by Crippen LogP contribution is -2.35. The van der Waals surface area contributed by atoms with Crippen LogP contribution >= 0.6 is 0 Å². The smallest absolute Gasteiger partial charge is 0.111 e. The van der Waals surface area contributed by atoms with Crippen molar-refractivity contribution in [3.8, 4) is 0 Å². The van der Waals surface area contributed by atoms with Crippen molar-refractivity contribution in [2.45, 2.75) is 12.5 Å². The topological polar surface area (TPSA) is 26.0 Å². The zero-order valence-corrected chi connectivity index (χ0v) is 6.55. The number of alkyl halides is 1. The minimum Gasteiger partial charge on any atom is -0.319 e. The molecule has 0 bridgehead atoms. The molecular formula is C9H12FN. The van der Waals surface area contributed by atoms with Gasteiger partial charge < -0.3 is 5.73 Å². The first-order valence-corrected chi connectivity index (χ1v) is 3.57. The second kappa shape index (κ2) is 3.01. The minimum atomic E-state index is -0.832. The fourth-order valence-corrected chi connectivity index (χ4v) is 0.896. The Morgan fingerprint density at radius 2 is 1.91 bits per heavy atom. The van der Waals surface area contributed by atoms with Crippen molar-refractivity contribution in [3.05, 3.63) is 35.9 Å². The van der Waals surface area contributed by atoms with Crippen LogP contribution < -0.4 is 5.73 Å². The molecule has 1 rings (SSSR count). The van der Waals surface area contributed by atoms with Crippen LogP contribution in [-0.2, 0) is 5.54 Å². The van der Waals surface area contributed by atoms with E-state index in [4.69, 9.17) is 5.73 Å². The molecule has 1 nitrogen and oxygen atoms in total. The Bertz CT molecular complexity index is 218. The van der Waals surface area contributed by atoms with E-state index in [1.165, 1.54) is 0 Å². The molecule has 0 aliphatic carbocycles. The number of halogens is 1. The maximum absolute atomic E-state index is 12.3. The van der Waals surface area contributed by atoms with Crippen LogP contribution in [0.5, 0.6) is 0 Å². The average molecular weight is 153 g/mol. The van der Waals surface area contributed by atoms with Crippen LogP contribution in [0, 0.1) is 0 Å². The van der Waals surface area contributed by atoms with Gasteiger partial charge in [-0.05, 0) is 12.5 Å². The molecule has 2 N–H and O–H groups in total. The van der Waals surface area contributed by atoms with Crippen molar-refractivity contribution in [2.24, 2.45) is 5.73 Å². The third kappa shape index (κ3) is 1.77. The van der Waals surface area contributed by atoms with E-state index in [-0.39, 0.29) is 0 Å². The largest absolute Gasteiger partial charge is 0.319 e. The maximum Gasteiger partial charge on any atom is 0.111 e. The summed E-state index contributed by atoms with van der Waals surface area (Å²) in [4.78, 5) is 0. The van der Waals surface area contributed by atoms with Gasteiger partial charge in [-0.3, -0.25) is 0 Å². The number of nitrogens with two attached hydrogens (primary N) is 1. The van der Waals surface area contributed by atoms with E-state index in [1.54, 1.807) is 6.92 Å². The second-order valence-corrected chi connectivity index (χ2v) is 2.92. The van der Waals surface area contributed by atoms with Gasteiger partial charge in [-0.1, -0.05) is 30.3 Å². The minimum absolute atomic E-state index is 0.531. The van der Waals surface area contributed by atoms with Gasteiger partial charge in [0, 0.05) is 0 Å². The Morgan fingerprint density at radius 3 is 2.36 bits per heavy atom. The number of benzene rings is 1. The first-order valence-electron chi connectivity index (χ1n) is 3.57. The van der Waals surface area contributed by atoms with Crippen molar-refractivity contribution in [1.29, 1.82) is 0 Å². The highest BCUT2D eigenvalue weighted by Crippen LogP contribution is 2.16. The third-order valence-electron chi connectivity index (χ3n) is 1.71. The molecule has 0 radical (unpaired) electrons. The van der Waals surface area contributed by atoms with E-state index < -0.39 is 12.2 Å². The van der Waals surface area contributed by atoms with Crippen molar-refractivity contribution >= 4 is 0 Å². The molecule has 0 fully saturated rings. The van der Waals surface area contributed by atoms with Crippen molar-refractivity contribution < 1.29 is 4.39 Å². The summed E-state index contributed by atoms with van der Waals surface area (Å²) in [6.07, 6.45) is 0. The van der Waals surface area contributed by atoms with Crippen molar-refractivity contribution in [1.82, 2.24) is 0 Å². The lowest BCUT2D eigenvalue weighted by atomic mass is 9.95. The molecule has 0 amide bonds. The molecule has 0 aliphatic rings. The predicted octanol–water partition coefficient (Wildman–Crippen LogP) is 1.83. The lowest BCUT2D eigenvalue weighted by Gasteiger charge is -2.20. The monoisotopic (exact) mass is 153 g/mol. The highest BCUT2D eigenvalue weighted by atomic mass is 19.1. The Balaban J connectivity index is 2.93. The van der Waals surface area contributed by atoms with Crippen LogP contribution in [0.2, 0.25) is 0 Å². The summed E-state index contributed by atoms with van der Waals surface area (Å²) >= 11 is 0. The summed E-state index contributed by atoms with van der Waals surface area (Å²) in [5, 5.41) is 0. The molecule has 0 aromatic heterocycles. The highest BCUT2D eigenvalue weighted by molar-refractivity contribution is 5.22. The Kier molecular flexibility index (Phi) is 2.25. The van der Waals surface area contributed by atoms with Gasteiger partial charge in [-0.2, -0.15) is 0 Å². The molecule has 0 aliphatic heterocycles. The fraction of sp³-hybridized carbons (Fsp3) is 0.333. The summed E-state index contributed by atoms with van der Waals surface area (Å²) in [6, 6.07) is 9.27. The molecule has 0 heterocycles. The molecule has 1 atom stereocenters. The summed E-state index contributed by atoms with van der Waals surface area (Å²) < 4.78 is 12.3. The fourth-order valence-electron chi connectivity index (χ4n) is 0.896. The molecule has 60 valence electrons. The van der Waals surface area contributed by atoms with Gasteiger partial charge >= 0.3 is 0 Å². The Labute approximate surface area is 66.0 Å². The first-order chi connectivity index (χ1) is 5.17. The molecule has 0 saturated heterocycles. The normalized spacial score (nSPS) is 15.9. The quantitative estimate of drug-likeness (QED) is 0.689. The zero-order chi connectivity index (χ0) is 8.32. The van der Waals surface area contributed by atoms with Gasteiger partial charge in [0.05, 0.1) is 5.54 Å². The van der Waals surface area contributed by atoms with Gasteiger partial charge in [-0.15, -0.1) is 0 Å². The van der Waals surface area contributed by atoms with Crippen LogP contribution in [0.25, 0.3) is 0 Å². The first kappa shape index (κ1) is 8.21. The molecule has 0 saturated carbocycles. The average Bonchev–Trinajstić information content (AvgIpc) is 2.06. The summed E-state index contributed by atoms with van der Waals surface area (Å²) in [6.45, 7) is 1.15. The van der Waals surface area contributed by atoms with Crippen molar-refractivity contribution in [2.75, 3.05) is 6.67 Å². The highest BCUT2D eigenvalue weighted by Gasteiger charge is 2.19. The van der Waals surface area contributed by atoms with E-state index in [0.29, 0.717) is 0 Å². The molecule has 0 unspecified atom stereocenters. The summed E-state index contributed by atoms with van der Waals surface area (Å²) in [5.41, 5.74) is 5.67. The number of hydrogen-bond donors (Lipinski definition) is 1. The van der Waals surface area contributed by atoms with Crippen LogP contribution in [0.1, 0.15) is 12.5 Å². The molecule has 1 aromatic carbocycles. The standard InChI is InChI=1S/C9H12FN/c1-9(11,7-10)8-5-3-2-4-6-8/h2-6H,7,11H2,1H3/t9-/m1/s1. The molecular weight excluding hydrogens is 141 g/mol. The number of rotatable bonds is 2. The summed E-state index contributed by atoms with van der Waals surface area (Å²) in [5.74, 6) is 0. The van der Waals surface area contributed by atoms with Crippen LogP contribution in [0.15, 0.2) is 30.3 Å². The van der Waals surface area contributed by atoms with Gasteiger partial charge in [0.25, 0.3) is 0 Å². The predicted molar refractivity (Wildman–Crippen MR) is 44.0 cm³/mol. The maximum atomic E-state index is 12.3. The molecule has 11 heavy (non-hydrogen) atoms. The second-order valence-electron chi connectivity index (χ2n) is 2.92. The SMILES string of the molecule is C[C@@](N)(CF)c1ccccc1. The van der Waals surface area contributed by atoms with Crippen LogP contribution in [-0.4, -0.2) is 6.67 Å². The van der Waals surface area contributed by atoms with Crippen LogP contribution in [0.3, 0.4) is 0 Å². The Morgan fingerprint density at radius 1 is 1.36 bits per heavy atom.